The summed E-state index contributed by atoms with van der Waals surface area (Å²) in [5, 5.41) is 2.09. The molecule has 0 radical (unpaired) electrons. The molecule has 0 saturated carbocycles. The minimum atomic E-state index is -0.249. The molecule has 1 aliphatic rings. The Morgan fingerprint density at radius 3 is 2.74 bits per heavy atom. The molecule has 1 aromatic carbocycles. The number of fused-ring (bicyclic) bond motifs is 1. The van der Waals surface area contributed by atoms with Gasteiger partial charge in [-0.2, -0.15) is 0 Å². The van der Waals surface area contributed by atoms with Gasteiger partial charge in [-0.15, -0.1) is 22.7 Å². The monoisotopic (exact) mass is 343 g/mol. The zero-order valence-electron chi connectivity index (χ0n) is 12.3. The number of carbonyl (C=O) groups excluding carboxylic acids is 1. The Labute approximate surface area is 141 Å². The highest BCUT2D eigenvalue weighted by Crippen LogP contribution is 2.31. The van der Waals surface area contributed by atoms with Gasteiger partial charge in [-0.05, 0) is 53.3 Å². The second-order valence-electron chi connectivity index (χ2n) is 5.52. The van der Waals surface area contributed by atoms with Gasteiger partial charge in [0.15, 0.2) is 0 Å². The lowest BCUT2D eigenvalue weighted by Gasteiger charge is -2.26. The average Bonchev–Trinajstić information content (AvgIpc) is 3.23. The second kappa shape index (κ2) is 5.91. The summed E-state index contributed by atoms with van der Waals surface area (Å²) in [5.74, 6) is -0.165. The first-order valence-corrected chi connectivity index (χ1v) is 9.10. The molecular formula is C18H14FNOS2. The second-order valence-corrected chi connectivity index (χ2v) is 7.60. The molecule has 4 rings (SSSR count). The van der Waals surface area contributed by atoms with Crippen LogP contribution < -0.4 is 0 Å². The van der Waals surface area contributed by atoms with E-state index in [2.05, 4.69) is 11.4 Å². The van der Waals surface area contributed by atoms with Gasteiger partial charge in [-0.1, -0.05) is 12.1 Å². The van der Waals surface area contributed by atoms with Crippen LogP contribution in [0.2, 0.25) is 0 Å². The molecule has 5 heteroatoms. The summed E-state index contributed by atoms with van der Waals surface area (Å²) < 4.78 is 13.0. The Kier molecular flexibility index (Phi) is 3.75. The lowest BCUT2D eigenvalue weighted by Crippen LogP contribution is -2.34. The molecule has 0 spiro atoms. The van der Waals surface area contributed by atoms with Crippen molar-refractivity contribution in [3.05, 3.63) is 69.0 Å². The number of benzene rings is 1. The molecule has 0 atom stereocenters. The van der Waals surface area contributed by atoms with Gasteiger partial charge < -0.3 is 4.90 Å². The van der Waals surface area contributed by atoms with E-state index in [0.29, 0.717) is 6.54 Å². The molecule has 3 aromatic rings. The fourth-order valence-corrected chi connectivity index (χ4v) is 4.67. The molecule has 3 heterocycles. The summed E-state index contributed by atoms with van der Waals surface area (Å²) >= 11 is 3.24. The molecule has 0 unspecified atom stereocenters. The lowest BCUT2D eigenvalue weighted by atomic mass is 10.1. The third-order valence-electron chi connectivity index (χ3n) is 4.04. The summed E-state index contributed by atoms with van der Waals surface area (Å²) in [4.78, 5) is 17.7. The van der Waals surface area contributed by atoms with Crippen molar-refractivity contribution in [1.82, 2.24) is 4.90 Å². The Balaban J connectivity index is 1.55. The van der Waals surface area contributed by atoms with Gasteiger partial charge in [0.1, 0.15) is 5.82 Å². The predicted molar refractivity (Wildman–Crippen MR) is 92.5 cm³/mol. The first kappa shape index (κ1) is 14.6. The van der Waals surface area contributed by atoms with Crippen molar-refractivity contribution >= 4 is 28.6 Å². The number of thiophene rings is 2. The number of carbonyl (C=O) groups is 1. The van der Waals surface area contributed by atoms with Crippen molar-refractivity contribution in [2.75, 3.05) is 6.54 Å². The van der Waals surface area contributed by atoms with Gasteiger partial charge in [0.25, 0.3) is 5.91 Å². The van der Waals surface area contributed by atoms with Crippen LogP contribution >= 0.6 is 22.7 Å². The maximum atomic E-state index is 13.0. The molecule has 0 saturated heterocycles. The molecule has 116 valence electrons. The maximum absolute atomic E-state index is 13.0. The number of nitrogens with zero attached hydrogens (tertiary/aromatic N) is 1. The van der Waals surface area contributed by atoms with Crippen molar-refractivity contribution < 1.29 is 9.18 Å². The Morgan fingerprint density at radius 1 is 1.09 bits per heavy atom. The van der Waals surface area contributed by atoms with Crippen LogP contribution in [0.25, 0.3) is 10.4 Å². The van der Waals surface area contributed by atoms with E-state index in [1.807, 2.05) is 17.0 Å². The molecular weight excluding hydrogens is 329 g/mol. The average molecular weight is 343 g/mol. The normalized spacial score (nSPS) is 13.9. The van der Waals surface area contributed by atoms with E-state index in [9.17, 15) is 9.18 Å². The molecule has 0 fully saturated rings. The fourth-order valence-electron chi connectivity index (χ4n) is 2.80. The minimum Gasteiger partial charge on any atom is -0.333 e. The van der Waals surface area contributed by atoms with Crippen LogP contribution in [0, 0.1) is 5.82 Å². The summed E-state index contributed by atoms with van der Waals surface area (Å²) in [6.07, 6.45) is 0.939. The number of halogens is 1. The van der Waals surface area contributed by atoms with Crippen LogP contribution in [-0.4, -0.2) is 17.4 Å². The number of hydrogen-bond donors (Lipinski definition) is 0. The van der Waals surface area contributed by atoms with E-state index >= 15 is 0 Å². The number of rotatable bonds is 2. The van der Waals surface area contributed by atoms with Gasteiger partial charge in [0, 0.05) is 22.8 Å². The molecule has 0 aliphatic carbocycles. The summed E-state index contributed by atoms with van der Waals surface area (Å²) in [5.41, 5.74) is 2.21. The van der Waals surface area contributed by atoms with E-state index in [1.165, 1.54) is 33.9 Å². The van der Waals surface area contributed by atoms with Gasteiger partial charge >= 0.3 is 0 Å². The molecule has 0 N–H and O–H groups in total. The standard InChI is InChI=1S/C18H14FNOS2/c19-14-3-1-12(2-4-14)16-5-6-17(23-16)18(21)20-9-7-15-13(11-20)8-10-22-15/h1-6,8,10H,7,9,11H2. The summed E-state index contributed by atoms with van der Waals surface area (Å²) in [6, 6.07) is 12.3. The smallest absolute Gasteiger partial charge is 0.264 e. The molecule has 2 aromatic heterocycles. The molecule has 23 heavy (non-hydrogen) atoms. The number of amides is 1. The van der Waals surface area contributed by atoms with Crippen LogP contribution in [0.3, 0.4) is 0 Å². The van der Waals surface area contributed by atoms with Crippen molar-refractivity contribution in [3.63, 3.8) is 0 Å². The van der Waals surface area contributed by atoms with Crippen LogP contribution in [0.4, 0.5) is 4.39 Å². The SMILES string of the molecule is O=C(c1ccc(-c2ccc(F)cc2)s1)N1CCc2sccc2C1. The van der Waals surface area contributed by atoms with E-state index < -0.39 is 0 Å². The van der Waals surface area contributed by atoms with Crippen LogP contribution in [-0.2, 0) is 13.0 Å². The quantitative estimate of drug-likeness (QED) is 0.653. The van der Waals surface area contributed by atoms with Gasteiger partial charge in [-0.3, -0.25) is 4.79 Å². The zero-order chi connectivity index (χ0) is 15.8. The topological polar surface area (TPSA) is 20.3 Å². The van der Waals surface area contributed by atoms with Crippen molar-refractivity contribution in [2.24, 2.45) is 0 Å². The van der Waals surface area contributed by atoms with Crippen LogP contribution in [0.5, 0.6) is 0 Å². The Hall–Kier alpha value is -1.98. The fraction of sp³-hybridized carbons (Fsp3) is 0.167. The largest absolute Gasteiger partial charge is 0.333 e. The van der Waals surface area contributed by atoms with Crippen LogP contribution in [0.15, 0.2) is 47.8 Å². The first-order valence-electron chi connectivity index (χ1n) is 7.41. The third kappa shape index (κ3) is 2.82. The molecule has 0 bridgehead atoms. The summed E-state index contributed by atoms with van der Waals surface area (Å²) in [6.45, 7) is 1.47. The van der Waals surface area contributed by atoms with E-state index in [0.717, 1.165) is 28.3 Å². The number of hydrogen-bond acceptors (Lipinski definition) is 3. The predicted octanol–water partition coefficient (Wildman–Crippen LogP) is 4.81. The minimum absolute atomic E-state index is 0.0835. The first-order chi connectivity index (χ1) is 11.2. The highest BCUT2D eigenvalue weighted by atomic mass is 32.1. The van der Waals surface area contributed by atoms with E-state index in [1.54, 1.807) is 23.5 Å². The van der Waals surface area contributed by atoms with E-state index in [4.69, 9.17) is 0 Å². The Morgan fingerprint density at radius 2 is 1.91 bits per heavy atom. The zero-order valence-corrected chi connectivity index (χ0v) is 13.9. The summed E-state index contributed by atoms with van der Waals surface area (Å²) in [7, 11) is 0. The highest BCUT2D eigenvalue weighted by molar-refractivity contribution is 7.17. The van der Waals surface area contributed by atoms with Crippen LogP contribution in [0.1, 0.15) is 20.1 Å². The van der Waals surface area contributed by atoms with Crippen molar-refractivity contribution in [3.8, 4) is 10.4 Å². The Bertz CT molecular complexity index is 850. The highest BCUT2D eigenvalue weighted by Gasteiger charge is 2.23. The van der Waals surface area contributed by atoms with Crippen molar-refractivity contribution in [2.45, 2.75) is 13.0 Å². The van der Waals surface area contributed by atoms with Gasteiger partial charge in [0.2, 0.25) is 0 Å². The van der Waals surface area contributed by atoms with Gasteiger partial charge in [0.05, 0.1) is 4.88 Å². The van der Waals surface area contributed by atoms with Crippen molar-refractivity contribution in [1.29, 1.82) is 0 Å². The van der Waals surface area contributed by atoms with Gasteiger partial charge in [-0.25, -0.2) is 4.39 Å². The lowest BCUT2D eigenvalue weighted by molar-refractivity contribution is 0.0741. The molecule has 1 aliphatic heterocycles. The third-order valence-corrected chi connectivity index (χ3v) is 6.19. The maximum Gasteiger partial charge on any atom is 0.264 e. The molecule has 1 amide bonds. The van der Waals surface area contributed by atoms with E-state index in [-0.39, 0.29) is 11.7 Å². The molecule has 2 nitrogen and oxygen atoms in total.